The van der Waals surface area contributed by atoms with Crippen LogP contribution in [0.25, 0.3) is 11.3 Å². The number of carbonyl (C=O) groups excluding carboxylic acids is 1. The maximum absolute atomic E-state index is 13.7. The molecule has 3 aromatic carbocycles. The number of aromatic nitrogens is 2. The van der Waals surface area contributed by atoms with E-state index in [2.05, 4.69) is 10.2 Å². The second-order valence-corrected chi connectivity index (χ2v) is 8.83. The van der Waals surface area contributed by atoms with Crippen LogP contribution in [0.15, 0.2) is 66.7 Å². The Balaban J connectivity index is 1.62. The lowest BCUT2D eigenvalue weighted by Gasteiger charge is -2.27. The van der Waals surface area contributed by atoms with Crippen LogP contribution in [0.3, 0.4) is 0 Å². The Morgan fingerprint density at radius 1 is 0.972 bits per heavy atom. The highest BCUT2D eigenvalue weighted by molar-refractivity contribution is 6.30. The van der Waals surface area contributed by atoms with E-state index in [1.807, 2.05) is 78.6 Å². The highest BCUT2D eigenvalue weighted by atomic mass is 35.5. The van der Waals surface area contributed by atoms with E-state index in [9.17, 15) is 4.79 Å². The molecule has 0 fully saturated rings. The molecule has 1 atom stereocenters. The minimum Gasteiger partial charge on any atom is -0.497 e. The molecule has 1 N–H and O–H groups in total. The topological polar surface area (TPSA) is 76.7 Å². The van der Waals surface area contributed by atoms with Gasteiger partial charge < -0.3 is 19.1 Å². The lowest BCUT2D eigenvalue weighted by molar-refractivity contribution is 0.0730. The van der Waals surface area contributed by atoms with Gasteiger partial charge in [0.1, 0.15) is 11.4 Å². The van der Waals surface area contributed by atoms with Crippen LogP contribution in [-0.2, 0) is 6.54 Å². The molecule has 0 radical (unpaired) electrons. The maximum Gasteiger partial charge on any atom is 0.273 e. The van der Waals surface area contributed by atoms with Crippen LogP contribution in [0.4, 0.5) is 0 Å². The average molecular weight is 504 g/mol. The molecule has 8 heteroatoms. The lowest BCUT2D eigenvalue weighted by Crippen LogP contribution is -2.29. The van der Waals surface area contributed by atoms with Gasteiger partial charge in [0, 0.05) is 22.7 Å². The molecule has 0 aliphatic carbocycles. The first-order chi connectivity index (χ1) is 17.5. The number of rotatable bonds is 8. The quantitative estimate of drug-likeness (QED) is 0.324. The predicted octanol–water partition coefficient (Wildman–Crippen LogP) is 5.89. The Kier molecular flexibility index (Phi) is 6.57. The Morgan fingerprint density at radius 3 is 2.39 bits per heavy atom. The molecule has 2 heterocycles. The molecule has 0 bridgehead atoms. The second-order valence-electron chi connectivity index (χ2n) is 8.39. The van der Waals surface area contributed by atoms with Crippen molar-refractivity contribution in [1.82, 2.24) is 15.1 Å². The predicted molar refractivity (Wildman–Crippen MR) is 138 cm³/mol. The minimum atomic E-state index is -0.386. The van der Waals surface area contributed by atoms with Gasteiger partial charge in [-0.1, -0.05) is 41.9 Å². The first kappa shape index (κ1) is 23.8. The van der Waals surface area contributed by atoms with Crippen LogP contribution < -0.4 is 14.2 Å². The smallest absolute Gasteiger partial charge is 0.273 e. The molecular formula is C28H26ClN3O4. The number of carbonyl (C=O) groups is 1. The first-order valence-corrected chi connectivity index (χ1v) is 12.0. The van der Waals surface area contributed by atoms with Gasteiger partial charge in [0.25, 0.3) is 5.91 Å². The molecule has 0 saturated carbocycles. The van der Waals surface area contributed by atoms with Crippen LogP contribution in [0.1, 0.15) is 40.1 Å². The number of halogens is 1. The highest BCUT2D eigenvalue weighted by Crippen LogP contribution is 2.45. The van der Waals surface area contributed by atoms with Gasteiger partial charge >= 0.3 is 0 Å². The number of fused-ring (bicyclic) bond motifs is 1. The van der Waals surface area contributed by atoms with Gasteiger partial charge in [0.2, 0.25) is 0 Å². The Labute approximate surface area is 214 Å². The van der Waals surface area contributed by atoms with E-state index in [1.165, 1.54) is 0 Å². The fourth-order valence-corrected chi connectivity index (χ4v) is 4.72. The van der Waals surface area contributed by atoms with Crippen molar-refractivity contribution in [3.05, 3.63) is 94.1 Å². The first-order valence-electron chi connectivity index (χ1n) is 11.6. The maximum atomic E-state index is 13.7. The second kappa shape index (κ2) is 9.95. The van der Waals surface area contributed by atoms with E-state index in [1.54, 1.807) is 14.2 Å². The number of hydrogen-bond acceptors (Lipinski definition) is 5. The largest absolute Gasteiger partial charge is 0.497 e. The van der Waals surface area contributed by atoms with Gasteiger partial charge in [0.05, 0.1) is 32.6 Å². The molecular weight excluding hydrogens is 478 g/mol. The van der Waals surface area contributed by atoms with Gasteiger partial charge in [-0.05, 0) is 54.4 Å². The molecule has 1 unspecified atom stereocenters. The van der Waals surface area contributed by atoms with Crippen molar-refractivity contribution in [1.29, 1.82) is 0 Å². The van der Waals surface area contributed by atoms with Crippen LogP contribution >= 0.6 is 11.6 Å². The molecule has 0 spiro atoms. The minimum absolute atomic E-state index is 0.119. The average Bonchev–Trinajstić information content (AvgIpc) is 3.44. The summed E-state index contributed by atoms with van der Waals surface area (Å²) in [5.74, 6) is 1.90. The number of nitrogens with zero attached hydrogens (tertiary/aromatic N) is 2. The lowest BCUT2D eigenvalue weighted by atomic mass is 9.95. The van der Waals surface area contributed by atoms with E-state index in [4.69, 9.17) is 25.8 Å². The number of methoxy groups -OCH3 is 2. The number of aromatic amines is 1. The molecule has 1 amide bonds. The molecule has 5 rings (SSSR count). The normalized spacial score (nSPS) is 14.6. The molecule has 0 saturated heterocycles. The monoisotopic (exact) mass is 503 g/mol. The zero-order chi connectivity index (χ0) is 25.2. The van der Waals surface area contributed by atoms with Crippen molar-refractivity contribution >= 4 is 17.5 Å². The molecule has 36 heavy (non-hydrogen) atoms. The fraction of sp³-hybridized carbons (Fsp3) is 0.214. The summed E-state index contributed by atoms with van der Waals surface area (Å²) in [4.78, 5) is 15.5. The molecule has 184 valence electrons. The third-order valence-electron chi connectivity index (χ3n) is 6.30. The van der Waals surface area contributed by atoms with Crippen molar-refractivity contribution in [2.24, 2.45) is 0 Å². The van der Waals surface area contributed by atoms with E-state index >= 15 is 0 Å². The molecule has 1 aliphatic rings. The Morgan fingerprint density at radius 2 is 1.72 bits per heavy atom. The van der Waals surface area contributed by atoms with Crippen LogP contribution in [0.2, 0.25) is 5.02 Å². The van der Waals surface area contributed by atoms with Crippen molar-refractivity contribution in [2.75, 3.05) is 20.8 Å². The molecule has 7 nitrogen and oxygen atoms in total. The number of H-pyrrole nitrogens is 1. The SMILES string of the molecule is CCOc1ccc(C2c3c(-c4ccc(Cl)cc4)n[nH]c3C(=O)N2Cc2ccc(OC)cc2)cc1OC. The Hall–Kier alpha value is -3.97. The fourth-order valence-electron chi connectivity index (χ4n) is 4.59. The zero-order valence-electron chi connectivity index (χ0n) is 20.2. The Bertz CT molecular complexity index is 1380. The summed E-state index contributed by atoms with van der Waals surface area (Å²) in [5.41, 5.74) is 4.77. The van der Waals surface area contributed by atoms with Gasteiger partial charge in [-0.25, -0.2) is 0 Å². The zero-order valence-corrected chi connectivity index (χ0v) is 21.0. The number of benzene rings is 3. The molecule has 1 aliphatic heterocycles. The van der Waals surface area contributed by atoms with Crippen molar-refractivity contribution in [3.8, 4) is 28.5 Å². The summed E-state index contributed by atoms with van der Waals surface area (Å²) < 4.78 is 16.6. The highest BCUT2D eigenvalue weighted by Gasteiger charge is 2.42. The van der Waals surface area contributed by atoms with E-state index in [-0.39, 0.29) is 11.9 Å². The summed E-state index contributed by atoms with van der Waals surface area (Å²) in [7, 11) is 3.24. The third kappa shape index (κ3) is 4.27. The summed E-state index contributed by atoms with van der Waals surface area (Å²) in [6.07, 6.45) is 0. The van der Waals surface area contributed by atoms with Crippen molar-refractivity contribution in [3.63, 3.8) is 0 Å². The van der Waals surface area contributed by atoms with E-state index < -0.39 is 0 Å². The van der Waals surface area contributed by atoms with Gasteiger partial charge in [0.15, 0.2) is 11.5 Å². The number of nitrogens with one attached hydrogen (secondary N) is 1. The summed E-state index contributed by atoms with van der Waals surface area (Å²) in [5, 5.41) is 8.16. The van der Waals surface area contributed by atoms with Crippen LogP contribution in [-0.4, -0.2) is 41.8 Å². The standard InChI is InChI=1S/C28H26ClN3O4/c1-4-36-22-14-9-19(15-23(22)35-3)27-24-25(18-7-10-20(29)11-8-18)30-31-26(24)28(33)32(27)16-17-5-12-21(34-2)13-6-17/h5-15,27H,4,16H2,1-3H3,(H,30,31). The van der Waals surface area contributed by atoms with Crippen molar-refractivity contribution in [2.45, 2.75) is 19.5 Å². The molecule has 1 aromatic heterocycles. The van der Waals surface area contributed by atoms with Crippen molar-refractivity contribution < 1.29 is 19.0 Å². The number of ether oxygens (including phenoxy) is 3. The molecule has 4 aromatic rings. The summed E-state index contributed by atoms with van der Waals surface area (Å²) >= 11 is 6.12. The third-order valence-corrected chi connectivity index (χ3v) is 6.55. The number of hydrogen-bond donors (Lipinski definition) is 1. The summed E-state index contributed by atoms with van der Waals surface area (Å²) in [6.45, 7) is 2.86. The summed E-state index contributed by atoms with van der Waals surface area (Å²) in [6, 6.07) is 20.6. The van der Waals surface area contributed by atoms with Gasteiger partial charge in [-0.2, -0.15) is 5.10 Å². The van der Waals surface area contributed by atoms with Gasteiger partial charge in [-0.3, -0.25) is 9.89 Å². The van der Waals surface area contributed by atoms with Crippen LogP contribution in [0.5, 0.6) is 17.2 Å². The number of amides is 1. The van der Waals surface area contributed by atoms with Crippen LogP contribution in [0, 0.1) is 0 Å². The van der Waals surface area contributed by atoms with E-state index in [0.717, 1.165) is 28.0 Å². The van der Waals surface area contributed by atoms with Gasteiger partial charge in [-0.15, -0.1) is 0 Å². The van der Waals surface area contributed by atoms with E-state index in [0.29, 0.717) is 41.1 Å².